The van der Waals surface area contributed by atoms with Crippen LogP contribution in [0.25, 0.3) is 0 Å². The minimum Gasteiger partial charge on any atom is -0.508 e. The summed E-state index contributed by atoms with van der Waals surface area (Å²) in [5.74, 6) is -3.40. The summed E-state index contributed by atoms with van der Waals surface area (Å²) < 4.78 is 0. The molecule has 0 bridgehead atoms. The summed E-state index contributed by atoms with van der Waals surface area (Å²) in [6.45, 7) is 3.58. The molecule has 0 radical (unpaired) electrons. The number of aliphatic carboxylic acids is 1. The maximum absolute atomic E-state index is 13.3. The summed E-state index contributed by atoms with van der Waals surface area (Å²) >= 11 is 4.02. The Kier molecular flexibility index (Phi) is 11.4. The quantitative estimate of drug-likeness (QED) is 0.152. The van der Waals surface area contributed by atoms with E-state index in [0.717, 1.165) is 0 Å². The van der Waals surface area contributed by atoms with Crippen molar-refractivity contribution in [1.29, 1.82) is 0 Å². The number of hydrogen-bond acceptors (Lipinski definition) is 8. The summed E-state index contributed by atoms with van der Waals surface area (Å²) in [7, 11) is 0. The molecule has 37 heavy (non-hydrogen) atoms. The molecule has 0 saturated heterocycles. The molecule has 13 heteroatoms. The highest BCUT2D eigenvalue weighted by atomic mass is 32.1. The molecule has 3 amide bonds. The third-order valence-electron chi connectivity index (χ3n) is 5.93. The largest absolute Gasteiger partial charge is 0.508 e. The average molecular weight is 535 g/mol. The number of carboxylic acids is 1. The van der Waals surface area contributed by atoms with Gasteiger partial charge in [-0.1, -0.05) is 32.4 Å². The van der Waals surface area contributed by atoms with Gasteiger partial charge in [0.2, 0.25) is 17.7 Å². The first-order valence-corrected chi connectivity index (χ1v) is 12.4. The van der Waals surface area contributed by atoms with Crippen LogP contribution in [0.1, 0.15) is 31.5 Å². The molecule has 0 spiro atoms. The molecule has 8 N–H and O–H groups in total. The summed E-state index contributed by atoms with van der Waals surface area (Å²) in [5, 5.41) is 26.9. The van der Waals surface area contributed by atoms with E-state index in [4.69, 9.17) is 5.73 Å². The van der Waals surface area contributed by atoms with Gasteiger partial charge in [-0.3, -0.25) is 14.4 Å². The van der Waals surface area contributed by atoms with Crippen LogP contribution >= 0.6 is 12.6 Å². The third-order valence-corrected chi connectivity index (χ3v) is 6.32. The van der Waals surface area contributed by atoms with E-state index >= 15 is 0 Å². The lowest BCUT2D eigenvalue weighted by Gasteiger charge is -2.28. The number of carboxylic acid groups (broad SMARTS) is 1. The number of benzene rings is 1. The van der Waals surface area contributed by atoms with Crippen LogP contribution in [0.5, 0.6) is 5.75 Å². The lowest BCUT2D eigenvalue weighted by atomic mass is 9.96. The maximum Gasteiger partial charge on any atom is 0.326 e. The number of aromatic hydroxyl groups is 1. The number of nitrogens with two attached hydrogens (primary N) is 1. The standard InChI is InChI=1S/C24H34N6O6S/c1-3-13(2)20(23(34)29-19(24(35)36)9-15-10-26-12-27-15)30-22(33)18(28-21(32)17(25)11-37)8-14-4-6-16(31)7-5-14/h4-7,10,12-13,17-20,31,37H,3,8-9,11,25H2,1-2H3,(H,26,27)(H,28,32)(H,29,34)(H,30,33)(H,35,36). The monoisotopic (exact) mass is 534 g/mol. The smallest absolute Gasteiger partial charge is 0.326 e. The van der Waals surface area contributed by atoms with Crippen molar-refractivity contribution in [3.8, 4) is 5.75 Å². The van der Waals surface area contributed by atoms with Gasteiger partial charge in [-0.05, 0) is 23.6 Å². The number of amides is 3. The van der Waals surface area contributed by atoms with Gasteiger partial charge >= 0.3 is 5.97 Å². The SMILES string of the molecule is CCC(C)C(NC(=O)C(Cc1ccc(O)cc1)NC(=O)C(N)CS)C(=O)NC(Cc1cnc[nH]1)C(=O)O. The Labute approximate surface area is 220 Å². The van der Waals surface area contributed by atoms with E-state index in [1.54, 1.807) is 19.1 Å². The zero-order valence-electron chi connectivity index (χ0n) is 20.7. The second-order valence-electron chi connectivity index (χ2n) is 8.77. The van der Waals surface area contributed by atoms with Crippen LogP contribution in [0.3, 0.4) is 0 Å². The molecule has 0 aliphatic rings. The van der Waals surface area contributed by atoms with E-state index in [0.29, 0.717) is 17.7 Å². The van der Waals surface area contributed by atoms with Crippen LogP contribution in [-0.2, 0) is 32.0 Å². The van der Waals surface area contributed by atoms with Gasteiger partial charge in [-0.2, -0.15) is 12.6 Å². The molecule has 2 rings (SSSR count). The van der Waals surface area contributed by atoms with Crippen LogP contribution in [-0.4, -0.2) is 73.8 Å². The van der Waals surface area contributed by atoms with Gasteiger partial charge in [-0.15, -0.1) is 0 Å². The Morgan fingerprint density at radius 3 is 2.22 bits per heavy atom. The number of aromatic nitrogens is 2. The molecule has 2 aromatic rings. The van der Waals surface area contributed by atoms with Crippen molar-refractivity contribution < 1.29 is 29.4 Å². The van der Waals surface area contributed by atoms with Crippen molar-refractivity contribution in [2.45, 2.75) is 57.3 Å². The van der Waals surface area contributed by atoms with Gasteiger partial charge < -0.3 is 36.9 Å². The first-order chi connectivity index (χ1) is 17.5. The van der Waals surface area contributed by atoms with Crippen molar-refractivity contribution >= 4 is 36.3 Å². The zero-order chi connectivity index (χ0) is 27.5. The van der Waals surface area contributed by atoms with Crippen molar-refractivity contribution in [2.75, 3.05) is 5.75 Å². The average Bonchev–Trinajstić information content (AvgIpc) is 3.39. The summed E-state index contributed by atoms with van der Waals surface area (Å²) in [4.78, 5) is 57.4. The molecular weight excluding hydrogens is 500 g/mol. The van der Waals surface area contributed by atoms with E-state index in [1.165, 1.54) is 24.7 Å². The Morgan fingerprint density at radius 2 is 1.68 bits per heavy atom. The molecule has 5 unspecified atom stereocenters. The number of imidazole rings is 1. The number of carbonyl (C=O) groups is 4. The second kappa shape index (κ2) is 14.2. The molecule has 5 atom stereocenters. The van der Waals surface area contributed by atoms with Gasteiger partial charge in [0.1, 0.15) is 23.9 Å². The van der Waals surface area contributed by atoms with Crippen molar-refractivity contribution in [1.82, 2.24) is 25.9 Å². The first kappa shape index (κ1) is 29.6. The summed E-state index contributed by atoms with van der Waals surface area (Å²) in [5.41, 5.74) is 6.92. The van der Waals surface area contributed by atoms with Crippen molar-refractivity contribution in [2.24, 2.45) is 11.7 Å². The second-order valence-corrected chi connectivity index (χ2v) is 9.14. The Morgan fingerprint density at radius 1 is 1.03 bits per heavy atom. The maximum atomic E-state index is 13.3. The minimum atomic E-state index is -1.25. The predicted octanol–water partition coefficient (Wildman–Crippen LogP) is -0.257. The van der Waals surface area contributed by atoms with Gasteiger partial charge in [0.25, 0.3) is 0 Å². The number of phenolic OH excluding ortho intramolecular Hbond substituents is 1. The molecule has 202 valence electrons. The number of aromatic amines is 1. The molecule has 1 heterocycles. The molecular formula is C24H34N6O6S. The van der Waals surface area contributed by atoms with Gasteiger partial charge in [0, 0.05) is 30.5 Å². The van der Waals surface area contributed by atoms with Gasteiger partial charge in [0.15, 0.2) is 0 Å². The first-order valence-electron chi connectivity index (χ1n) is 11.8. The normalized spacial score (nSPS) is 15.0. The molecule has 0 fully saturated rings. The highest BCUT2D eigenvalue weighted by molar-refractivity contribution is 7.80. The minimum absolute atomic E-state index is 0.0244. The fraction of sp³-hybridized carbons (Fsp3) is 0.458. The number of nitrogens with zero attached hydrogens (tertiary/aromatic N) is 1. The number of H-pyrrole nitrogens is 1. The fourth-order valence-corrected chi connectivity index (χ4v) is 3.64. The van der Waals surface area contributed by atoms with E-state index in [9.17, 15) is 29.4 Å². The van der Waals surface area contributed by atoms with Crippen molar-refractivity contribution in [3.63, 3.8) is 0 Å². The molecule has 1 aromatic carbocycles. The fourth-order valence-electron chi connectivity index (χ4n) is 3.47. The molecule has 0 saturated carbocycles. The lowest BCUT2D eigenvalue weighted by molar-refractivity contribution is -0.142. The van der Waals surface area contributed by atoms with E-state index < -0.39 is 47.9 Å². The number of phenols is 1. The Bertz CT molecular complexity index is 1050. The summed E-state index contributed by atoms with van der Waals surface area (Å²) in [6, 6.07) is 1.74. The number of nitrogens with one attached hydrogen (secondary N) is 4. The Balaban J connectivity index is 2.22. The topological polar surface area (TPSA) is 200 Å². The van der Waals surface area contributed by atoms with Crippen LogP contribution in [0.15, 0.2) is 36.8 Å². The Hall–Kier alpha value is -3.58. The highest BCUT2D eigenvalue weighted by Gasteiger charge is 2.33. The highest BCUT2D eigenvalue weighted by Crippen LogP contribution is 2.13. The molecule has 12 nitrogen and oxygen atoms in total. The van der Waals surface area contributed by atoms with E-state index in [-0.39, 0.29) is 30.3 Å². The lowest BCUT2D eigenvalue weighted by Crippen LogP contribution is -2.59. The van der Waals surface area contributed by atoms with E-state index in [2.05, 4.69) is 38.5 Å². The molecule has 0 aliphatic heterocycles. The van der Waals surface area contributed by atoms with Crippen LogP contribution in [0.4, 0.5) is 0 Å². The van der Waals surface area contributed by atoms with Crippen molar-refractivity contribution in [3.05, 3.63) is 48.0 Å². The number of carbonyl (C=O) groups excluding carboxylic acids is 3. The van der Waals surface area contributed by atoms with Gasteiger partial charge in [-0.25, -0.2) is 9.78 Å². The van der Waals surface area contributed by atoms with Crippen LogP contribution < -0.4 is 21.7 Å². The third kappa shape index (κ3) is 9.10. The number of thiol groups is 1. The molecule has 1 aromatic heterocycles. The number of hydrogen-bond donors (Lipinski definition) is 8. The summed E-state index contributed by atoms with van der Waals surface area (Å²) in [6.07, 6.45) is 3.41. The predicted molar refractivity (Wildman–Crippen MR) is 139 cm³/mol. The van der Waals surface area contributed by atoms with Crippen LogP contribution in [0, 0.1) is 5.92 Å². The van der Waals surface area contributed by atoms with E-state index in [1.807, 2.05) is 6.92 Å². The molecule has 0 aliphatic carbocycles. The zero-order valence-corrected chi connectivity index (χ0v) is 21.6. The van der Waals surface area contributed by atoms with Crippen LogP contribution in [0.2, 0.25) is 0 Å². The van der Waals surface area contributed by atoms with Gasteiger partial charge in [0.05, 0.1) is 12.4 Å². The number of rotatable bonds is 14.